The van der Waals surface area contributed by atoms with Crippen molar-refractivity contribution >= 4 is 17.6 Å². The number of nitrogens with one attached hydrogen (secondary N) is 1. The van der Waals surface area contributed by atoms with Gasteiger partial charge in [0.1, 0.15) is 11.9 Å². The third-order valence-corrected chi connectivity index (χ3v) is 3.74. The van der Waals surface area contributed by atoms with E-state index < -0.39 is 0 Å². The van der Waals surface area contributed by atoms with Crippen molar-refractivity contribution in [3.8, 4) is 5.88 Å². The van der Waals surface area contributed by atoms with Crippen LogP contribution in [-0.4, -0.2) is 22.3 Å². The molecule has 1 aromatic rings. The van der Waals surface area contributed by atoms with Crippen molar-refractivity contribution in [3.05, 3.63) is 6.07 Å². The van der Waals surface area contributed by atoms with Crippen LogP contribution in [0.3, 0.4) is 0 Å². The van der Waals surface area contributed by atoms with Crippen molar-refractivity contribution in [1.82, 2.24) is 9.97 Å². The molecule has 0 radical (unpaired) electrons. The molecule has 100 valence electrons. The average Bonchev–Trinajstić information content (AvgIpc) is 2.38. The van der Waals surface area contributed by atoms with Gasteiger partial charge >= 0.3 is 0 Å². The molecule has 1 aliphatic rings. The maximum atomic E-state index is 5.95. The van der Waals surface area contributed by atoms with E-state index in [4.69, 9.17) is 10.6 Å². The molecule has 0 aliphatic heterocycles. The molecule has 0 amide bonds. The molecule has 2 atom stereocenters. The van der Waals surface area contributed by atoms with E-state index in [1.165, 1.54) is 24.6 Å². The van der Waals surface area contributed by atoms with Gasteiger partial charge in [-0.05, 0) is 31.4 Å². The Balaban J connectivity index is 2.07. The van der Waals surface area contributed by atoms with Gasteiger partial charge in [0.25, 0.3) is 0 Å². The molecule has 6 heteroatoms. The van der Waals surface area contributed by atoms with Gasteiger partial charge in [-0.3, -0.25) is 0 Å². The first-order valence-corrected chi connectivity index (χ1v) is 7.50. The molecular weight excluding hydrogens is 248 g/mol. The van der Waals surface area contributed by atoms with Gasteiger partial charge in [0.05, 0.1) is 0 Å². The standard InChI is InChI=1S/C12H20N4OS/c1-8-4-3-5-9(6-8)17-11-7-10(16-13)14-12(15-11)18-2/h7-9H,3-6,13H2,1-2H3,(H,14,15,16). The number of aromatic nitrogens is 2. The van der Waals surface area contributed by atoms with Gasteiger partial charge in [-0.2, -0.15) is 4.98 Å². The highest BCUT2D eigenvalue weighted by atomic mass is 32.2. The van der Waals surface area contributed by atoms with Gasteiger partial charge in [0.15, 0.2) is 5.16 Å². The lowest BCUT2D eigenvalue weighted by molar-refractivity contribution is 0.123. The zero-order chi connectivity index (χ0) is 13.0. The minimum absolute atomic E-state index is 0.268. The fourth-order valence-corrected chi connectivity index (χ4v) is 2.66. The topological polar surface area (TPSA) is 73.1 Å². The second-order valence-corrected chi connectivity index (χ2v) is 5.51. The quantitative estimate of drug-likeness (QED) is 0.378. The zero-order valence-corrected chi connectivity index (χ0v) is 11.7. The molecule has 1 fully saturated rings. The van der Waals surface area contributed by atoms with Crippen LogP contribution in [0.1, 0.15) is 32.6 Å². The smallest absolute Gasteiger partial charge is 0.219 e. The molecule has 1 aliphatic carbocycles. The van der Waals surface area contributed by atoms with Crippen LogP contribution in [-0.2, 0) is 0 Å². The summed E-state index contributed by atoms with van der Waals surface area (Å²) in [4.78, 5) is 8.57. The van der Waals surface area contributed by atoms with Crippen LogP contribution in [0.15, 0.2) is 11.2 Å². The van der Waals surface area contributed by atoms with Crippen LogP contribution in [0, 0.1) is 5.92 Å². The summed E-state index contributed by atoms with van der Waals surface area (Å²) < 4.78 is 5.95. The summed E-state index contributed by atoms with van der Waals surface area (Å²) in [5, 5.41) is 0.671. The van der Waals surface area contributed by atoms with Crippen molar-refractivity contribution in [2.75, 3.05) is 11.7 Å². The Morgan fingerprint density at radius 2 is 2.28 bits per heavy atom. The van der Waals surface area contributed by atoms with E-state index in [1.807, 2.05) is 6.26 Å². The van der Waals surface area contributed by atoms with Crippen LogP contribution in [0.5, 0.6) is 5.88 Å². The minimum atomic E-state index is 0.268. The molecule has 1 heterocycles. The lowest BCUT2D eigenvalue weighted by Crippen LogP contribution is -2.24. The Morgan fingerprint density at radius 3 is 2.94 bits per heavy atom. The highest BCUT2D eigenvalue weighted by Crippen LogP contribution is 2.28. The minimum Gasteiger partial charge on any atom is -0.474 e. The highest BCUT2D eigenvalue weighted by Gasteiger charge is 2.21. The van der Waals surface area contributed by atoms with Crippen LogP contribution in [0.4, 0.5) is 5.82 Å². The van der Waals surface area contributed by atoms with Crippen molar-refractivity contribution in [2.24, 2.45) is 11.8 Å². The van der Waals surface area contributed by atoms with E-state index in [-0.39, 0.29) is 6.10 Å². The monoisotopic (exact) mass is 268 g/mol. The highest BCUT2D eigenvalue weighted by molar-refractivity contribution is 7.98. The van der Waals surface area contributed by atoms with Gasteiger partial charge in [0, 0.05) is 6.07 Å². The molecule has 1 aromatic heterocycles. The fraction of sp³-hybridized carbons (Fsp3) is 0.667. The van der Waals surface area contributed by atoms with Gasteiger partial charge in [-0.1, -0.05) is 25.1 Å². The van der Waals surface area contributed by atoms with E-state index in [2.05, 4.69) is 22.3 Å². The Hall–Kier alpha value is -1.01. The number of ether oxygens (including phenoxy) is 1. The summed E-state index contributed by atoms with van der Waals surface area (Å²) in [7, 11) is 0. The predicted octanol–water partition coefficient (Wildman–Crippen LogP) is 2.44. The molecule has 3 N–H and O–H groups in total. The number of nitrogens with two attached hydrogens (primary N) is 1. The Bertz CT molecular complexity index is 379. The number of nitrogens with zero attached hydrogens (tertiary/aromatic N) is 2. The Labute approximate surface area is 112 Å². The van der Waals surface area contributed by atoms with Gasteiger partial charge in [-0.15, -0.1) is 0 Å². The number of anilines is 1. The number of hydrazine groups is 1. The summed E-state index contributed by atoms with van der Waals surface area (Å²) >= 11 is 1.48. The van der Waals surface area contributed by atoms with E-state index in [0.717, 1.165) is 18.8 Å². The number of nitrogen functional groups attached to an aromatic ring is 1. The van der Waals surface area contributed by atoms with Crippen LogP contribution in [0.2, 0.25) is 0 Å². The van der Waals surface area contributed by atoms with Gasteiger partial charge in [-0.25, -0.2) is 10.8 Å². The molecule has 0 bridgehead atoms. The fourth-order valence-electron chi connectivity index (χ4n) is 2.29. The third-order valence-electron chi connectivity index (χ3n) is 3.19. The normalized spacial score (nSPS) is 23.7. The van der Waals surface area contributed by atoms with Crippen LogP contribution in [0.25, 0.3) is 0 Å². The van der Waals surface area contributed by atoms with E-state index in [9.17, 15) is 0 Å². The SMILES string of the molecule is CSc1nc(NN)cc(OC2CCCC(C)C2)n1. The molecular formula is C12H20N4OS. The number of hydrogen-bond acceptors (Lipinski definition) is 6. The van der Waals surface area contributed by atoms with Crippen molar-refractivity contribution in [3.63, 3.8) is 0 Å². The van der Waals surface area contributed by atoms with E-state index in [0.29, 0.717) is 16.9 Å². The predicted molar refractivity (Wildman–Crippen MR) is 73.7 cm³/mol. The molecule has 1 saturated carbocycles. The van der Waals surface area contributed by atoms with Crippen molar-refractivity contribution in [2.45, 2.75) is 43.9 Å². The third kappa shape index (κ3) is 3.49. The molecule has 0 aromatic carbocycles. The zero-order valence-electron chi connectivity index (χ0n) is 10.8. The second kappa shape index (κ2) is 6.24. The Kier molecular flexibility index (Phi) is 4.66. The summed E-state index contributed by atoms with van der Waals surface area (Å²) in [5.74, 6) is 7.33. The summed E-state index contributed by atoms with van der Waals surface area (Å²) in [6, 6.07) is 1.75. The molecule has 0 saturated heterocycles. The van der Waals surface area contributed by atoms with Crippen molar-refractivity contribution in [1.29, 1.82) is 0 Å². The molecule has 2 rings (SSSR count). The van der Waals surface area contributed by atoms with Crippen LogP contribution >= 0.6 is 11.8 Å². The molecule has 5 nitrogen and oxygen atoms in total. The molecule has 0 spiro atoms. The van der Waals surface area contributed by atoms with E-state index >= 15 is 0 Å². The summed E-state index contributed by atoms with van der Waals surface area (Å²) in [6.45, 7) is 2.27. The van der Waals surface area contributed by atoms with Crippen molar-refractivity contribution < 1.29 is 4.74 Å². The van der Waals surface area contributed by atoms with E-state index in [1.54, 1.807) is 6.07 Å². The lowest BCUT2D eigenvalue weighted by atomic mass is 9.89. The lowest BCUT2D eigenvalue weighted by Gasteiger charge is -2.27. The second-order valence-electron chi connectivity index (χ2n) is 4.73. The maximum Gasteiger partial charge on any atom is 0.219 e. The number of thioether (sulfide) groups is 1. The summed E-state index contributed by atoms with van der Waals surface area (Å²) in [6.07, 6.45) is 6.94. The Morgan fingerprint density at radius 1 is 1.44 bits per heavy atom. The average molecular weight is 268 g/mol. The first-order valence-electron chi connectivity index (χ1n) is 6.27. The first-order chi connectivity index (χ1) is 8.71. The maximum absolute atomic E-state index is 5.95. The summed E-state index contributed by atoms with van der Waals surface area (Å²) in [5.41, 5.74) is 2.54. The van der Waals surface area contributed by atoms with Gasteiger partial charge in [0.2, 0.25) is 5.88 Å². The molecule has 18 heavy (non-hydrogen) atoms. The molecule has 2 unspecified atom stereocenters. The number of hydrogen-bond donors (Lipinski definition) is 2. The van der Waals surface area contributed by atoms with Gasteiger partial charge < -0.3 is 10.2 Å². The largest absolute Gasteiger partial charge is 0.474 e. The number of rotatable bonds is 4. The van der Waals surface area contributed by atoms with Crippen LogP contribution < -0.4 is 16.0 Å². The first kappa shape index (κ1) is 13.4.